The summed E-state index contributed by atoms with van der Waals surface area (Å²) in [4.78, 5) is 12.0. The van der Waals surface area contributed by atoms with Gasteiger partial charge in [-0.3, -0.25) is 4.79 Å². The van der Waals surface area contributed by atoms with Gasteiger partial charge in [-0.25, -0.2) is 0 Å². The monoisotopic (exact) mass is 291 g/mol. The van der Waals surface area contributed by atoms with Gasteiger partial charge in [0.25, 0.3) is 0 Å². The highest BCUT2D eigenvalue weighted by molar-refractivity contribution is 5.86. The van der Waals surface area contributed by atoms with Gasteiger partial charge >= 0.3 is 0 Å². The molecule has 1 aliphatic rings. The number of rotatable bonds is 1. The van der Waals surface area contributed by atoms with Crippen molar-refractivity contribution >= 4 is 5.91 Å². The lowest BCUT2D eigenvalue weighted by molar-refractivity contribution is -0.120. The van der Waals surface area contributed by atoms with Gasteiger partial charge in [0.1, 0.15) is 5.69 Å². The number of nitrogens with zero attached hydrogens (tertiary/aromatic N) is 2. The second-order valence-corrected chi connectivity index (χ2v) is 6.09. The van der Waals surface area contributed by atoms with E-state index >= 15 is 0 Å². The van der Waals surface area contributed by atoms with Crippen molar-refractivity contribution in [3.63, 3.8) is 0 Å². The molecule has 1 aromatic heterocycles. The van der Waals surface area contributed by atoms with Crippen LogP contribution in [0.1, 0.15) is 43.1 Å². The zero-order valence-electron chi connectivity index (χ0n) is 12.6. The Kier molecular flexibility index (Phi) is 3.64. The summed E-state index contributed by atoms with van der Waals surface area (Å²) in [6.07, 6.45) is 0.732. The molecule has 2 heterocycles. The van der Waals surface area contributed by atoms with E-state index in [9.17, 15) is 4.79 Å². The summed E-state index contributed by atoms with van der Waals surface area (Å²) in [5, 5.41) is 11.3. The van der Waals surface area contributed by atoms with Crippen molar-refractivity contribution in [3.05, 3.63) is 59.4 Å². The number of hydrogen-bond acceptors (Lipinski definition) is 3. The molecule has 110 valence electrons. The predicted molar refractivity (Wildman–Crippen MR) is 84.0 cm³/mol. The van der Waals surface area contributed by atoms with Crippen LogP contribution in [0.4, 0.5) is 0 Å². The van der Waals surface area contributed by atoms with E-state index in [1.807, 2.05) is 56.3 Å². The Morgan fingerprint density at radius 1 is 1.09 bits per heavy atom. The minimum absolute atomic E-state index is 0.0161. The Hall–Kier alpha value is -2.67. The van der Waals surface area contributed by atoms with Crippen molar-refractivity contribution in [1.82, 2.24) is 15.5 Å². The lowest BCUT2D eigenvalue weighted by atomic mass is 9.94. The standard InChI is InChI=1S/C18H17N3O/c1-18(2)12-15(17(22)19-18)16-11-10-14(20-21-16)9-8-13-6-4-3-5-7-13/h3-7,10-11,15H,12H2,1-2H3,(H,19,22). The maximum absolute atomic E-state index is 12.0. The van der Waals surface area contributed by atoms with Gasteiger partial charge in [0.15, 0.2) is 0 Å². The maximum Gasteiger partial charge on any atom is 0.229 e. The third-order valence-corrected chi connectivity index (χ3v) is 3.64. The number of carbonyl (C=O) groups is 1. The zero-order valence-corrected chi connectivity index (χ0v) is 12.6. The largest absolute Gasteiger partial charge is 0.351 e. The summed E-state index contributed by atoms with van der Waals surface area (Å²) < 4.78 is 0. The zero-order chi connectivity index (χ0) is 15.6. The average Bonchev–Trinajstić information content (AvgIpc) is 2.80. The van der Waals surface area contributed by atoms with Gasteiger partial charge in [-0.1, -0.05) is 24.1 Å². The first-order valence-corrected chi connectivity index (χ1v) is 7.26. The molecule has 0 radical (unpaired) electrons. The molecule has 1 aliphatic heterocycles. The van der Waals surface area contributed by atoms with Crippen LogP contribution in [-0.4, -0.2) is 21.6 Å². The highest BCUT2D eigenvalue weighted by atomic mass is 16.2. The van der Waals surface area contributed by atoms with Crippen LogP contribution >= 0.6 is 0 Å². The Labute approximate surface area is 130 Å². The molecule has 1 aromatic carbocycles. The van der Waals surface area contributed by atoms with Crippen LogP contribution in [-0.2, 0) is 4.79 Å². The summed E-state index contributed by atoms with van der Waals surface area (Å²) in [5.74, 6) is 5.81. The molecule has 1 amide bonds. The summed E-state index contributed by atoms with van der Waals surface area (Å²) in [6, 6.07) is 13.4. The highest BCUT2D eigenvalue weighted by Gasteiger charge is 2.39. The van der Waals surface area contributed by atoms with Gasteiger partial charge in [0.2, 0.25) is 5.91 Å². The summed E-state index contributed by atoms with van der Waals surface area (Å²) in [6.45, 7) is 4.02. The van der Waals surface area contributed by atoms with Gasteiger partial charge in [0, 0.05) is 11.1 Å². The molecule has 1 fully saturated rings. The Bertz CT molecular complexity index is 739. The molecule has 0 bridgehead atoms. The first kappa shape index (κ1) is 14.3. The number of benzene rings is 1. The molecule has 1 unspecified atom stereocenters. The minimum Gasteiger partial charge on any atom is -0.351 e. The number of carbonyl (C=O) groups excluding carboxylic acids is 1. The second-order valence-electron chi connectivity index (χ2n) is 6.09. The Morgan fingerprint density at radius 2 is 1.86 bits per heavy atom. The molecule has 0 spiro atoms. The number of nitrogens with one attached hydrogen (secondary N) is 1. The van der Waals surface area contributed by atoms with Crippen LogP contribution < -0.4 is 5.32 Å². The van der Waals surface area contributed by atoms with E-state index in [1.54, 1.807) is 0 Å². The fourth-order valence-corrected chi connectivity index (χ4v) is 2.57. The van der Waals surface area contributed by atoms with Crippen LogP contribution in [0.3, 0.4) is 0 Å². The van der Waals surface area contributed by atoms with Gasteiger partial charge in [-0.2, -0.15) is 5.10 Å². The molecule has 3 rings (SSSR count). The SMILES string of the molecule is CC1(C)CC(c2ccc(C#Cc3ccccc3)nn2)C(=O)N1. The third-order valence-electron chi connectivity index (χ3n) is 3.64. The number of aromatic nitrogens is 2. The van der Waals surface area contributed by atoms with Crippen molar-refractivity contribution in [2.24, 2.45) is 0 Å². The molecule has 2 aromatic rings. The molecule has 0 saturated carbocycles. The molecule has 22 heavy (non-hydrogen) atoms. The smallest absolute Gasteiger partial charge is 0.229 e. The lowest BCUT2D eigenvalue weighted by Crippen LogP contribution is -2.34. The van der Waals surface area contributed by atoms with E-state index in [1.165, 1.54) is 0 Å². The molecular weight excluding hydrogens is 274 g/mol. The van der Waals surface area contributed by atoms with Gasteiger partial charge in [-0.05, 0) is 50.5 Å². The molecule has 4 heteroatoms. The van der Waals surface area contributed by atoms with Crippen molar-refractivity contribution in [2.45, 2.75) is 31.7 Å². The fraction of sp³-hybridized carbons (Fsp3) is 0.278. The Balaban J connectivity index is 1.77. The van der Waals surface area contributed by atoms with Gasteiger partial charge in [-0.15, -0.1) is 5.10 Å². The number of amides is 1. The van der Waals surface area contributed by atoms with E-state index in [0.29, 0.717) is 11.4 Å². The number of hydrogen-bond donors (Lipinski definition) is 1. The minimum atomic E-state index is -0.223. The van der Waals surface area contributed by atoms with Crippen LogP contribution in [0.2, 0.25) is 0 Å². The lowest BCUT2D eigenvalue weighted by Gasteiger charge is -2.16. The quantitative estimate of drug-likeness (QED) is 0.820. The third kappa shape index (κ3) is 3.15. The van der Waals surface area contributed by atoms with Crippen LogP contribution in [0.25, 0.3) is 0 Å². The van der Waals surface area contributed by atoms with E-state index in [0.717, 1.165) is 12.0 Å². The van der Waals surface area contributed by atoms with Crippen LogP contribution in [0.15, 0.2) is 42.5 Å². The van der Waals surface area contributed by atoms with Crippen LogP contribution in [0.5, 0.6) is 0 Å². The topological polar surface area (TPSA) is 54.9 Å². The highest BCUT2D eigenvalue weighted by Crippen LogP contribution is 2.31. The van der Waals surface area contributed by atoms with E-state index in [2.05, 4.69) is 27.4 Å². The maximum atomic E-state index is 12.0. The van der Waals surface area contributed by atoms with E-state index < -0.39 is 0 Å². The second kappa shape index (κ2) is 5.61. The van der Waals surface area contributed by atoms with Crippen molar-refractivity contribution in [1.29, 1.82) is 0 Å². The summed E-state index contributed by atoms with van der Waals surface area (Å²) >= 11 is 0. The normalized spacial score (nSPS) is 19.2. The summed E-state index contributed by atoms with van der Waals surface area (Å²) in [7, 11) is 0. The van der Waals surface area contributed by atoms with Crippen molar-refractivity contribution in [3.8, 4) is 11.8 Å². The fourth-order valence-electron chi connectivity index (χ4n) is 2.57. The molecule has 0 aliphatic carbocycles. The Morgan fingerprint density at radius 3 is 2.45 bits per heavy atom. The molecule has 1 N–H and O–H groups in total. The van der Waals surface area contributed by atoms with E-state index in [-0.39, 0.29) is 17.4 Å². The first-order valence-electron chi connectivity index (χ1n) is 7.26. The van der Waals surface area contributed by atoms with Crippen LogP contribution in [0, 0.1) is 11.8 Å². The molecule has 4 nitrogen and oxygen atoms in total. The van der Waals surface area contributed by atoms with Gasteiger partial charge in [0.05, 0.1) is 11.6 Å². The van der Waals surface area contributed by atoms with Gasteiger partial charge < -0.3 is 5.32 Å². The average molecular weight is 291 g/mol. The van der Waals surface area contributed by atoms with Crippen molar-refractivity contribution in [2.75, 3.05) is 0 Å². The molecular formula is C18H17N3O. The van der Waals surface area contributed by atoms with E-state index in [4.69, 9.17) is 0 Å². The van der Waals surface area contributed by atoms with Crippen molar-refractivity contribution < 1.29 is 4.79 Å². The first-order chi connectivity index (χ1) is 10.5. The predicted octanol–water partition coefficient (Wildman–Crippen LogP) is 2.26. The molecule has 1 atom stereocenters. The summed E-state index contributed by atoms with van der Waals surface area (Å²) in [5.41, 5.74) is 2.05. The molecule has 1 saturated heterocycles.